The molecule has 0 saturated heterocycles. The Morgan fingerprint density at radius 2 is 1.96 bits per heavy atom. The molecule has 0 aliphatic carbocycles. The zero-order chi connectivity index (χ0) is 32.1. The summed E-state index contributed by atoms with van der Waals surface area (Å²) in [4.78, 5) is 23.3. The number of aromatic nitrogens is 3. The van der Waals surface area contributed by atoms with E-state index in [0.717, 1.165) is 16.8 Å². The van der Waals surface area contributed by atoms with E-state index in [9.17, 15) is 9.18 Å². The third kappa shape index (κ3) is 5.22. The maximum atomic E-state index is 15.2. The number of halogens is 3. The molecule has 5 aromatic rings. The van der Waals surface area contributed by atoms with Crippen molar-refractivity contribution in [3.63, 3.8) is 0 Å². The van der Waals surface area contributed by atoms with Gasteiger partial charge in [-0.15, -0.1) is 11.8 Å². The lowest BCUT2D eigenvalue weighted by Crippen LogP contribution is -2.33. The largest absolute Gasteiger partial charge is 0.493 e. The fraction of sp³-hybridized carbons (Fsp3) is 0.294. The molecule has 0 amide bonds. The molecule has 1 aliphatic rings. The van der Waals surface area contributed by atoms with Crippen molar-refractivity contribution in [1.82, 2.24) is 15.0 Å². The van der Waals surface area contributed by atoms with Gasteiger partial charge in [-0.3, -0.25) is 4.79 Å². The molecule has 1 atom stereocenters. The number of methoxy groups -OCH3 is 1. The number of rotatable bonds is 8. The molecule has 3 aromatic carbocycles. The van der Waals surface area contributed by atoms with Crippen molar-refractivity contribution in [2.45, 2.75) is 43.9 Å². The van der Waals surface area contributed by atoms with Crippen LogP contribution in [0.2, 0.25) is 0 Å². The predicted octanol–water partition coefficient (Wildman–Crippen LogP) is 8.32. The Morgan fingerprint density at radius 1 is 1.16 bits per heavy atom. The molecule has 11 heteroatoms. The van der Waals surface area contributed by atoms with Crippen LogP contribution in [0.3, 0.4) is 0 Å². The van der Waals surface area contributed by atoms with Gasteiger partial charge in [0.1, 0.15) is 23.1 Å². The van der Waals surface area contributed by atoms with E-state index in [1.54, 1.807) is 18.5 Å². The van der Waals surface area contributed by atoms with Crippen molar-refractivity contribution in [2.75, 3.05) is 20.0 Å². The number of para-hydroxylation sites is 1. The summed E-state index contributed by atoms with van der Waals surface area (Å²) in [5, 5.41) is 0.483. The highest BCUT2D eigenvalue weighted by atomic mass is 32.2. The average molecular weight is 636 g/mol. The standard InChI is InChI=1S/C34H32F3N3O4S/c1-33(2,32(41)42-4)16-18-7-6-8-22-28(18)43-14-12-34(22,3)24-17-39-31(40-24)21-15-19(9-10-23(21)35)44-29-26(37)25(36)27-20(11-13-38-27)30(29)45-5/h6-11,13,15,17,38H,12,14,16H2,1-5H3,(H,39,40)/t34-/m1/s1. The minimum Gasteiger partial charge on any atom is -0.493 e. The molecule has 2 aromatic heterocycles. The zero-order valence-electron chi connectivity index (χ0n) is 25.4. The van der Waals surface area contributed by atoms with E-state index in [0.29, 0.717) is 35.5 Å². The van der Waals surface area contributed by atoms with Crippen molar-refractivity contribution in [1.29, 1.82) is 0 Å². The molecular weight excluding hydrogens is 603 g/mol. The average Bonchev–Trinajstić information content (AvgIpc) is 3.72. The Bertz CT molecular complexity index is 1940. The van der Waals surface area contributed by atoms with Crippen LogP contribution >= 0.6 is 11.8 Å². The number of nitrogens with one attached hydrogen (secondary N) is 2. The quantitative estimate of drug-likeness (QED) is 0.132. The lowest BCUT2D eigenvalue weighted by Gasteiger charge is -2.36. The van der Waals surface area contributed by atoms with Gasteiger partial charge in [0.25, 0.3) is 0 Å². The molecule has 0 spiro atoms. The monoisotopic (exact) mass is 635 g/mol. The lowest BCUT2D eigenvalue weighted by molar-refractivity contribution is -0.150. The minimum absolute atomic E-state index is 0.0505. The topological polar surface area (TPSA) is 89.2 Å². The van der Waals surface area contributed by atoms with E-state index in [1.165, 1.54) is 43.3 Å². The first-order valence-corrected chi connectivity index (χ1v) is 15.6. The van der Waals surface area contributed by atoms with Crippen LogP contribution < -0.4 is 9.47 Å². The summed E-state index contributed by atoms with van der Waals surface area (Å²) in [5.74, 6) is -2.26. The molecule has 0 saturated carbocycles. The molecule has 1 aliphatic heterocycles. The van der Waals surface area contributed by atoms with Crippen molar-refractivity contribution in [3.8, 4) is 28.6 Å². The number of nitrogens with zero attached hydrogens (tertiary/aromatic N) is 1. The molecular formula is C34H32F3N3O4S. The summed E-state index contributed by atoms with van der Waals surface area (Å²) in [5.41, 5.74) is 1.39. The number of hydrogen-bond donors (Lipinski definition) is 2. The van der Waals surface area contributed by atoms with Gasteiger partial charge in [-0.25, -0.2) is 13.8 Å². The maximum absolute atomic E-state index is 15.2. The molecule has 0 radical (unpaired) electrons. The maximum Gasteiger partial charge on any atom is 0.311 e. The third-order valence-electron chi connectivity index (χ3n) is 8.51. The van der Waals surface area contributed by atoms with Crippen LogP contribution in [0.4, 0.5) is 13.2 Å². The van der Waals surface area contributed by atoms with Crippen LogP contribution in [0.15, 0.2) is 59.8 Å². The van der Waals surface area contributed by atoms with E-state index >= 15 is 8.78 Å². The number of carbonyl (C=O) groups is 1. The number of aromatic amines is 2. The normalized spacial score (nSPS) is 16.4. The number of hydrogen-bond acceptors (Lipinski definition) is 6. The van der Waals surface area contributed by atoms with Crippen molar-refractivity contribution >= 4 is 28.6 Å². The fourth-order valence-corrected chi connectivity index (χ4v) is 6.70. The predicted molar refractivity (Wildman–Crippen MR) is 167 cm³/mol. The van der Waals surface area contributed by atoms with Crippen LogP contribution in [-0.4, -0.2) is 40.9 Å². The highest BCUT2D eigenvalue weighted by Gasteiger charge is 2.39. The molecule has 0 bridgehead atoms. The Morgan fingerprint density at radius 3 is 2.71 bits per heavy atom. The van der Waals surface area contributed by atoms with Crippen molar-refractivity contribution in [2.24, 2.45) is 5.41 Å². The van der Waals surface area contributed by atoms with Crippen LogP contribution in [0, 0.1) is 22.9 Å². The SMILES string of the molecule is COC(=O)C(C)(C)Cc1cccc2c1OCC[C@@]2(C)c1cnc(-c2cc(Oc3c(F)c(F)c4[nH]ccc4c3SC)ccc2F)[nH]1. The number of ether oxygens (including phenoxy) is 3. The number of imidazole rings is 1. The van der Waals surface area contributed by atoms with Gasteiger partial charge >= 0.3 is 5.97 Å². The number of carbonyl (C=O) groups excluding carboxylic acids is 1. The minimum atomic E-state index is -1.14. The third-order valence-corrected chi connectivity index (χ3v) is 9.32. The first-order chi connectivity index (χ1) is 21.5. The number of thioether (sulfide) groups is 1. The number of benzene rings is 3. The van der Waals surface area contributed by atoms with Crippen LogP contribution in [-0.2, 0) is 21.4 Å². The molecule has 2 N–H and O–H groups in total. The Balaban J connectivity index is 1.34. The summed E-state index contributed by atoms with van der Waals surface area (Å²) in [7, 11) is 1.38. The summed E-state index contributed by atoms with van der Waals surface area (Å²) in [6, 6.07) is 11.5. The van der Waals surface area contributed by atoms with Crippen molar-refractivity contribution < 1.29 is 32.2 Å². The van der Waals surface area contributed by atoms with Gasteiger partial charge in [-0.1, -0.05) is 18.2 Å². The van der Waals surface area contributed by atoms with E-state index in [-0.39, 0.29) is 34.4 Å². The second kappa shape index (κ2) is 11.5. The Labute approximate surface area is 262 Å². The first kappa shape index (κ1) is 30.6. The Hall–Kier alpha value is -4.38. The van der Waals surface area contributed by atoms with Crippen LogP contribution in [0.1, 0.15) is 44.0 Å². The van der Waals surface area contributed by atoms with Gasteiger partial charge < -0.3 is 24.2 Å². The van der Waals surface area contributed by atoms with E-state index in [1.807, 2.05) is 32.0 Å². The zero-order valence-corrected chi connectivity index (χ0v) is 26.3. The summed E-state index contributed by atoms with van der Waals surface area (Å²) in [6.07, 6.45) is 5.99. The molecule has 0 unspecified atom stereocenters. The highest BCUT2D eigenvalue weighted by molar-refractivity contribution is 7.99. The molecule has 0 fully saturated rings. The summed E-state index contributed by atoms with van der Waals surface area (Å²) in [6.45, 7) is 6.16. The smallest absolute Gasteiger partial charge is 0.311 e. The van der Waals surface area contributed by atoms with Gasteiger partial charge in [-0.05, 0) is 69.7 Å². The molecule has 3 heterocycles. The van der Waals surface area contributed by atoms with Gasteiger partial charge in [0.2, 0.25) is 5.82 Å². The van der Waals surface area contributed by atoms with Crippen LogP contribution in [0.5, 0.6) is 17.2 Å². The lowest BCUT2D eigenvalue weighted by atomic mass is 9.73. The first-order valence-electron chi connectivity index (χ1n) is 14.4. The Kier molecular flexibility index (Phi) is 7.84. The van der Waals surface area contributed by atoms with Crippen LogP contribution in [0.25, 0.3) is 22.3 Å². The second-order valence-corrected chi connectivity index (χ2v) is 12.7. The fourth-order valence-electron chi connectivity index (χ4n) is 6.00. The van der Waals surface area contributed by atoms with E-state index < -0.39 is 28.3 Å². The van der Waals surface area contributed by atoms with Gasteiger partial charge in [0.15, 0.2) is 11.6 Å². The number of esters is 1. The molecule has 45 heavy (non-hydrogen) atoms. The molecule has 234 valence electrons. The summed E-state index contributed by atoms with van der Waals surface area (Å²) < 4.78 is 62.2. The van der Waals surface area contributed by atoms with E-state index in [2.05, 4.69) is 21.9 Å². The van der Waals surface area contributed by atoms with Gasteiger partial charge in [-0.2, -0.15) is 4.39 Å². The van der Waals surface area contributed by atoms with Crippen molar-refractivity contribution in [3.05, 3.63) is 89.1 Å². The highest BCUT2D eigenvalue weighted by Crippen LogP contribution is 2.46. The molecule has 6 rings (SSSR count). The number of fused-ring (bicyclic) bond motifs is 2. The number of H-pyrrole nitrogens is 2. The molecule has 7 nitrogen and oxygen atoms in total. The van der Waals surface area contributed by atoms with Gasteiger partial charge in [0, 0.05) is 34.5 Å². The van der Waals surface area contributed by atoms with E-state index in [4.69, 9.17) is 14.2 Å². The van der Waals surface area contributed by atoms with Gasteiger partial charge in [0.05, 0.1) is 35.1 Å². The second-order valence-electron chi connectivity index (χ2n) is 11.9. The summed E-state index contributed by atoms with van der Waals surface area (Å²) >= 11 is 1.22.